The highest BCUT2D eigenvalue weighted by Gasteiger charge is 2.40. The van der Waals surface area contributed by atoms with Gasteiger partial charge in [0.25, 0.3) is 11.8 Å². The summed E-state index contributed by atoms with van der Waals surface area (Å²) in [5.74, 6) is -0.637. The molecule has 1 unspecified atom stereocenters. The molecule has 10 heteroatoms. The van der Waals surface area contributed by atoms with Gasteiger partial charge in [-0.3, -0.25) is 9.59 Å². The van der Waals surface area contributed by atoms with E-state index in [0.29, 0.717) is 37.1 Å². The van der Waals surface area contributed by atoms with Gasteiger partial charge in [-0.05, 0) is 70.7 Å². The molecule has 0 radical (unpaired) electrons. The Kier molecular flexibility index (Phi) is 10.0. The second-order valence-electron chi connectivity index (χ2n) is 11.8. The number of thiazole rings is 1. The molecule has 3 atom stereocenters. The second kappa shape index (κ2) is 13.5. The first-order valence-corrected chi connectivity index (χ1v) is 15.1. The van der Waals surface area contributed by atoms with Gasteiger partial charge >= 0.3 is 6.09 Å². The standard InChI is InChI=1S/C32H40N4O5S/c1-21-20-42-27(33-21)19-35(5)30(39)24-14-9-13-23(18-24)29(38)34-25(17-22-11-7-6-8-12-22)28(37)26-15-10-16-36(26)31(40)41-32(2,3)4/h6-9,11-14,18,20,25-26,28,37H,10,15-17,19H2,1-5H3,(H,34,38)/t25?,26-,28-/m0/s1. The van der Waals surface area contributed by atoms with Crippen molar-refractivity contribution in [2.75, 3.05) is 13.6 Å². The van der Waals surface area contributed by atoms with E-state index in [-0.39, 0.29) is 5.91 Å². The first-order chi connectivity index (χ1) is 19.9. The Morgan fingerprint density at radius 2 is 1.86 bits per heavy atom. The van der Waals surface area contributed by atoms with Crippen LogP contribution in [0.1, 0.15) is 70.6 Å². The van der Waals surface area contributed by atoms with Gasteiger partial charge in [-0.25, -0.2) is 9.78 Å². The van der Waals surface area contributed by atoms with Crippen LogP contribution >= 0.6 is 11.3 Å². The number of amides is 3. The summed E-state index contributed by atoms with van der Waals surface area (Å²) in [5.41, 5.74) is 1.87. The normalized spacial score (nSPS) is 16.5. The summed E-state index contributed by atoms with van der Waals surface area (Å²) in [4.78, 5) is 47.2. The number of aromatic nitrogens is 1. The number of benzene rings is 2. The summed E-state index contributed by atoms with van der Waals surface area (Å²) in [6, 6.07) is 14.9. The minimum atomic E-state index is -1.04. The number of nitrogens with one attached hydrogen (secondary N) is 1. The number of likely N-dealkylation sites (tertiary alicyclic amines) is 1. The fourth-order valence-electron chi connectivity index (χ4n) is 5.10. The topological polar surface area (TPSA) is 112 Å². The maximum atomic E-state index is 13.5. The number of carbonyl (C=O) groups is 3. The van der Waals surface area contributed by atoms with E-state index in [1.165, 1.54) is 11.3 Å². The first-order valence-electron chi connectivity index (χ1n) is 14.2. The van der Waals surface area contributed by atoms with Crippen molar-refractivity contribution in [2.45, 2.75) is 77.3 Å². The molecule has 3 amide bonds. The van der Waals surface area contributed by atoms with E-state index in [2.05, 4.69) is 10.3 Å². The van der Waals surface area contributed by atoms with E-state index in [1.54, 1.807) is 41.1 Å². The Balaban J connectivity index is 1.52. The van der Waals surface area contributed by atoms with E-state index < -0.39 is 35.8 Å². The fraction of sp³-hybridized carbons (Fsp3) is 0.438. The van der Waals surface area contributed by atoms with Gasteiger partial charge in [-0.1, -0.05) is 36.4 Å². The zero-order chi connectivity index (χ0) is 30.4. The van der Waals surface area contributed by atoms with Crippen LogP contribution in [0.25, 0.3) is 0 Å². The molecule has 1 saturated heterocycles. The zero-order valence-electron chi connectivity index (χ0n) is 24.9. The number of aliphatic hydroxyl groups excluding tert-OH is 1. The fourth-order valence-corrected chi connectivity index (χ4v) is 5.93. The highest BCUT2D eigenvalue weighted by atomic mass is 32.1. The molecule has 9 nitrogen and oxygen atoms in total. The van der Waals surface area contributed by atoms with Crippen molar-refractivity contribution < 1.29 is 24.2 Å². The molecule has 0 spiro atoms. The lowest BCUT2D eigenvalue weighted by Gasteiger charge is -2.35. The number of aliphatic hydroxyl groups is 1. The van der Waals surface area contributed by atoms with Crippen LogP contribution in [0.3, 0.4) is 0 Å². The Labute approximate surface area is 251 Å². The molecule has 1 aromatic heterocycles. The summed E-state index contributed by atoms with van der Waals surface area (Å²) >= 11 is 1.50. The van der Waals surface area contributed by atoms with E-state index in [0.717, 1.165) is 22.7 Å². The van der Waals surface area contributed by atoms with Crippen LogP contribution in [0, 0.1) is 6.92 Å². The minimum Gasteiger partial charge on any atom is -0.444 e. The maximum absolute atomic E-state index is 13.5. The average molecular weight is 593 g/mol. The third kappa shape index (κ3) is 8.17. The van der Waals surface area contributed by atoms with Crippen LogP contribution in [0.4, 0.5) is 4.79 Å². The number of rotatable bonds is 9. The number of carbonyl (C=O) groups excluding carboxylic acids is 3. The van der Waals surface area contributed by atoms with Gasteiger partial charge < -0.3 is 25.0 Å². The predicted molar refractivity (Wildman–Crippen MR) is 162 cm³/mol. The molecule has 224 valence electrons. The largest absolute Gasteiger partial charge is 0.444 e. The molecule has 0 bridgehead atoms. The molecule has 2 heterocycles. The molecule has 4 rings (SSSR count). The van der Waals surface area contributed by atoms with Crippen LogP contribution in [-0.2, 0) is 17.7 Å². The quantitative estimate of drug-likeness (QED) is 0.368. The maximum Gasteiger partial charge on any atom is 0.410 e. The first kappa shape index (κ1) is 31.2. The van der Waals surface area contributed by atoms with Gasteiger partial charge in [0.15, 0.2) is 0 Å². The number of aryl methyl sites for hydroxylation is 1. The molecule has 2 N–H and O–H groups in total. The molecule has 3 aromatic rings. The SMILES string of the molecule is Cc1csc(CN(C)C(=O)c2cccc(C(=O)NC(Cc3ccccc3)[C@H](O)[C@@H]3CCCN3C(=O)OC(C)(C)C)c2)n1. The molecule has 1 aliphatic rings. The van der Waals surface area contributed by atoms with Crippen molar-refractivity contribution in [1.29, 1.82) is 0 Å². The van der Waals surface area contributed by atoms with Gasteiger partial charge in [0.1, 0.15) is 10.6 Å². The van der Waals surface area contributed by atoms with Crippen molar-refractivity contribution in [1.82, 2.24) is 20.1 Å². The summed E-state index contributed by atoms with van der Waals surface area (Å²) in [5, 5.41) is 17.4. The van der Waals surface area contributed by atoms with Crippen LogP contribution in [0.5, 0.6) is 0 Å². The number of hydrogen-bond acceptors (Lipinski definition) is 7. The van der Waals surface area contributed by atoms with Crippen LogP contribution in [0.15, 0.2) is 60.0 Å². The third-order valence-corrected chi connectivity index (χ3v) is 8.06. The minimum absolute atomic E-state index is 0.225. The average Bonchev–Trinajstić information content (AvgIpc) is 3.60. The molecular weight excluding hydrogens is 552 g/mol. The molecule has 1 fully saturated rings. The van der Waals surface area contributed by atoms with Crippen molar-refractivity contribution in [3.05, 3.63) is 87.4 Å². The Hall–Kier alpha value is -3.76. The van der Waals surface area contributed by atoms with Gasteiger partial charge in [0, 0.05) is 35.8 Å². The van der Waals surface area contributed by atoms with E-state index in [9.17, 15) is 19.5 Å². The summed E-state index contributed by atoms with van der Waals surface area (Å²) in [6.07, 6.45) is 0.168. The Morgan fingerprint density at radius 3 is 2.52 bits per heavy atom. The monoisotopic (exact) mass is 592 g/mol. The smallest absolute Gasteiger partial charge is 0.410 e. The van der Waals surface area contributed by atoms with E-state index >= 15 is 0 Å². The van der Waals surface area contributed by atoms with Gasteiger partial charge in [0.05, 0.1) is 24.7 Å². The molecule has 1 aliphatic heterocycles. The van der Waals surface area contributed by atoms with Crippen molar-refractivity contribution >= 4 is 29.2 Å². The highest BCUT2D eigenvalue weighted by molar-refractivity contribution is 7.09. The Morgan fingerprint density at radius 1 is 1.14 bits per heavy atom. The zero-order valence-corrected chi connectivity index (χ0v) is 25.7. The van der Waals surface area contributed by atoms with Crippen molar-refractivity contribution in [2.24, 2.45) is 0 Å². The van der Waals surface area contributed by atoms with Gasteiger partial charge in [-0.15, -0.1) is 11.3 Å². The van der Waals surface area contributed by atoms with Crippen LogP contribution in [-0.4, -0.2) is 75.2 Å². The van der Waals surface area contributed by atoms with Crippen molar-refractivity contribution in [3.63, 3.8) is 0 Å². The number of nitrogens with zero attached hydrogens (tertiary/aromatic N) is 3. The van der Waals surface area contributed by atoms with E-state index in [4.69, 9.17) is 4.74 Å². The predicted octanol–water partition coefficient (Wildman–Crippen LogP) is 4.83. The molecule has 0 aliphatic carbocycles. The number of ether oxygens (including phenoxy) is 1. The lowest BCUT2D eigenvalue weighted by molar-refractivity contribution is -0.00161. The van der Waals surface area contributed by atoms with Crippen LogP contribution < -0.4 is 5.32 Å². The third-order valence-electron chi connectivity index (χ3n) is 7.11. The molecule has 0 saturated carbocycles. The van der Waals surface area contributed by atoms with Crippen LogP contribution in [0.2, 0.25) is 0 Å². The summed E-state index contributed by atoms with van der Waals surface area (Å²) < 4.78 is 5.59. The number of hydrogen-bond donors (Lipinski definition) is 2. The highest BCUT2D eigenvalue weighted by Crippen LogP contribution is 2.26. The summed E-state index contributed by atoms with van der Waals surface area (Å²) in [7, 11) is 1.70. The molecular formula is C32H40N4O5S. The van der Waals surface area contributed by atoms with Gasteiger partial charge in [-0.2, -0.15) is 0 Å². The summed E-state index contributed by atoms with van der Waals surface area (Å²) in [6.45, 7) is 8.17. The van der Waals surface area contributed by atoms with E-state index in [1.807, 2.05) is 63.4 Å². The second-order valence-corrected chi connectivity index (χ2v) is 12.7. The Bertz CT molecular complexity index is 1390. The molecule has 2 aromatic carbocycles. The van der Waals surface area contributed by atoms with Crippen molar-refractivity contribution in [3.8, 4) is 0 Å². The van der Waals surface area contributed by atoms with Gasteiger partial charge in [0.2, 0.25) is 0 Å². The lowest BCUT2D eigenvalue weighted by Crippen LogP contribution is -2.54. The molecule has 42 heavy (non-hydrogen) atoms. The lowest BCUT2D eigenvalue weighted by atomic mass is 9.94.